The van der Waals surface area contributed by atoms with Gasteiger partial charge in [-0.1, -0.05) is 23.7 Å². The Hall–Kier alpha value is -2.93. The van der Waals surface area contributed by atoms with Crippen LogP contribution in [0.1, 0.15) is 5.56 Å². The molecule has 0 fully saturated rings. The van der Waals surface area contributed by atoms with E-state index in [0.29, 0.717) is 22.0 Å². The number of anilines is 2. The number of hydrogen-bond acceptors (Lipinski definition) is 2. The van der Waals surface area contributed by atoms with Crippen LogP contribution in [0.15, 0.2) is 54.9 Å². The monoisotopic (exact) mass is 362 g/mol. The van der Waals surface area contributed by atoms with Crippen LogP contribution in [0, 0.1) is 11.6 Å². The van der Waals surface area contributed by atoms with Gasteiger partial charge in [0.15, 0.2) is 0 Å². The molecule has 0 radical (unpaired) electrons. The maximum absolute atomic E-state index is 13.8. The SMILES string of the molecule is O=C(Nc1cccc(F)c1)Nc1cnn(Cc2c(F)cccc2Cl)c1. The highest BCUT2D eigenvalue weighted by Crippen LogP contribution is 2.20. The molecule has 25 heavy (non-hydrogen) atoms. The highest BCUT2D eigenvalue weighted by molar-refractivity contribution is 6.31. The first-order valence-corrected chi connectivity index (χ1v) is 7.68. The van der Waals surface area contributed by atoms with Crippen molar-refractivity contribution in [3.8, 4) is 0 Å². The second-order valence-corrected chi connectivity index (χ2v) is 5.62. The maximum atomic E-state index is 13.8. The Morgan fingerprint density at radius 3 is 2.64 bits per heavy atom. The van der Waals surface area contributed by atoms with Crippen molar-refractivity contribution in [2.75, 3.05) is 10.6 Å². The molecule has 0 bridgehead atoms. The fourth-order valence-corrected chi connectivity index (χ4v) is 2.44. The Balaban J connectivity index is 1.64. The van der Waals surface area contributed by atoms with Crippen molar-refractivity contribution in [3.63, 3.8) is 0 Å². The van der Waals surface area contributed by atoms with Crippen LogP contribution in [0.2, 0.25) is 5.02 Å². The summed E-state index contributed by atoms with van der Waals surface area (Å²) in [6.07, 6.45) is 2.95. The number of amides is 2. The van der Waals surface area contributed by atoms with Crippen LogP contribution in [0.4, 0.5) is 25.0 Å². The summed E-state index contributed by atoms with van der Waals surface area (Å²) in [4.78, 5) is 11.9. The van der Waals surface area contributed by atoms with Crippen LogP contribution in [-0.2, 0) is 6.54 Å². The predicted molar refractivity (Wildman–Crippen MR) is 91.8 cm³/mol. The summed E-state index contributed by atoms with van der Waals surface area (Å²) >= 11 is 5.98. The van der Waals surface area contributed by atoms with Gasteiger partial charge < -0.3 is 10.6 Å². The maximum Gasteiger partial charge on any atom is 0.323 e. The molecule has 0 aliphatic heterocycles. The van der Waals surface area contributed by atoms with Crippen molar-refractivity contribution in [1.82, 2.24) is 9.78 Å². The van der Waals surface area contributed by atoms with Gasteiger partial charge in [-0.25, -0.2) is 13.6 Å². The normalized spacial score (nSPS) is 10.5. The highest BCUT2D eigenvalue weighted by atomic mass is 35.5. The summed E-state index contributed by atoms with van der Waals surface area (Å²) in [5.74, 6) is -0.881. The third-order valence-corrected chi connectivity index (χ3v) is 3.71. The first kappa shape index (κ1) is 16.9. The Morgan fingerprint density at radius 1 is 1.12 bits per heavy atom. The predicted octanol–water partition coefficient (Wildman–Crippen LogP) is 4.51. The van der Waals surface area contributed by atoms with E-state index in [9.17, 15) is 13.6 Å². The molecular formula is C17H13ClF2N4O. The topological polar surface area (TPSA) is 59.0 Å². The van der Waals surface area contributed by atoms with E-state index < -0.39 is 17.7 Å². The molecule has 2 N–H and O–H groups in total. The smallest absolute Gasteiger partial charge is 0.308 e. The number of nitrogens with one attached hydrogen (secondary N) is 2. The van der Waals surface area contributed by atoms with Crippen LogP contribution in [0.3, 0.4) is 0 Å². The van der Waals surface area contributed by atoms with Crippen molar-refractivity contribution in [2.24, 2.45) is 0 Å². The van der Waals surface area contributed by atoms with E-state index in [1.807, 2.05) is 0 Å². The molecular weight excluding hydrogens is 350 g/mol. The number of hydrogen-bond donors (Lipinski definition) is 2. The van der Waals surface area contributed by atoms with E-state index in [2.05, 4.69) is 15.7 Å². The standard InChI is InChI=1S/C17H13ClF2N4O/c18-15-5-2-6-16(20)14(15)10-24-9-13(8-21-24)23-17(25)22-12-4-1-3-11(19)7-12/h1-9H,10H2,(H2,22,23,25). The lowest BCUT2D eigenvalue weighted by atomic mass is 10.2. The number of aromatic nitrogens is 2. The highest BCUT2D eigenvalue weighted by Gasteiger charge is 2.10. The van der Waals surface area contributed by atoms with Gasteiger partial charge in [0.05, 0.1) is 18.4 Å². The van der Waals surface area contributed by atoms with Crippen molar-refractivity contribution >= 4 is 29.0 Å². The van der Waals surface area contributed by atoms with E-state index in [4.69, 9.17) is 11.6 Å². The molecule has 8 heteroatoms. The van der Waals surface area contributed by atoms with Gasteiger partial charge in [-0.05, 0) is 30.3 Å². The molecule has 0 unspecified atom stereocenters. The molecule has 0 aliphatic rings. The van der Waals surface area contributed by atoms with Crippen molar-refractivity contribution in [2.45, 2.75) is 6.54 Å². The summed E-state index contributed by atoms with van der Waals surface area (Å²) in [6, 6.07) is 9.41. The van der Waals surface area contributed by atoms with Crippen LogP contribution in [-0.4, -0.2) is 15.8 Å². The number of benzene rings is 2. The third kappa shape index (κ3) is 4.33. The average Bonchev–Trinajstić information content (AvgIpc) is 2.98. The largest absolute Gasteiger partial charge is 0.323 e. The van der Waals surface area contributed by atoms with Gasteiger partial charge in [-0.2, -0.15) is 5.10 Å². The first-order chi connectivity index (χ1) is 12.0. The number of nitrogens with zero attached hydrogens (tertiary/aromatic N) is 2. The minimum atomic E-state index is -0.547. The molecule has 5 nitrogen and oxygen atoms in total. The lowest BCUT2D eigenvalue weighted by Crippen LogP contribution is -2.19. The zero-order valence-corrected chi connectivity index (χ0v) is 13.6. The Bertz CT molecular complexity index is 893. The minimum absolute atomic E-state index is 0.124. The lowest BCUT2D eigenvalue weighted by molar-refractivity contribution is 0.262. The number of carbonyl (C=O) groups excluding carboxylic acids is 1. The summed E-state index contributed by atoms with van der Waals surface area (Å²) in [5.41, 5.74) is 1.03. The van der Waals surface area contributed by atoms with Crippen LogP contribution < -0.4 is 10.6 Å². The van der Waals surface area contributed by atoms with E-state index in [1.165, 1.54) is 47.4 Å². The van der Waals surface area contributed by atoms with Gasteiger partial charge in [0.1, 0.15) is 11.6 Å². The third-order valence-electron chi connectivity index (χ3n) is 3.36. The van der Waals surface area contributed by atoms with Crippen LogP contribution >= 0.6 is 11.6 Å². The zero-order valence-electron chi connectivity index (χ0n) is 12.8. The molecule has 3 rings (SSSR count). The van der Waals surface area contributed by atoms with E-state index in [-0.39, 0.29) is 6.54 Å². The number of carbonyl (C=O) groups is 1. The molecule has 2 aromatic carbocycles. The number of urea groups is 1. The van der Waals surface area contributed by atoms with Gasteiger partial charge in [0.2, 0.25) is 0 Å². The van der Waals surface area contributed by atoms with Crippen molar-refractivity contribution < 1.29 is 13.6 Å². The Kier molecular flexibility index (Phi) is 4.95. The molecule has 1 heterocycles. The summed E-state index contributed by atoms with van der Waals surface area (Å²) in [6.45, 7) is 0.124. The molecule has 1 aromatic heterocycles. The van der Waals surface area contributed by atoms with Gasteiger partial charge >= 0.3 is 6.03 Å². The quantitative estimate of drug-likeness (QED) is 0.717. The van der Waals surface area contributed by atoms with Crippen molar-refractivity contribution in [1.29, 1.82) is 0 Å². The van der Waals surface area contributed by atoms with Crippen LogP contribution in [0.5, 0.6) is 0 Å². The molecule has 0 atom stereocenters. The van der Waals surface area contributed by atoms with E-state index in [0.717, 1.165) is 0 Å². The van der Waals surface area contributed by atoms with Crippen LogP contribution in [0.25, 0.3) is 0 Å². The number of rotatable bonds is 4. The molecule has 0 aliphatic carbocycles. The summed E-state index contributed by atoms with van der Waals surface area (Å²) in [5, 5.41) is 9.42. The summed E-state index contributed by atoms with van der Waals surface area (Å²) < 4.78 is 28.3. The minimum Gasteiger partial charge on any atom is -0.308 e. The first-order valence-electron chi connectivity index (χ1n) is 7.30. The second-order valence-electron chi connectivity index (χ2n) is 5.22. The van der Waals surface area contributed by atoms with Gasteiger partial charge in [0, 0.05) is 22.5 Å². The lowest BCUT2D eigenvalue weighted by Gasteiger charge is -2.06. The molecule has 128 valence electrons. The van der Waals surface area contributed by atoms with Gasteiger partial charge in [0.25, 0.3) is 0 Å². The molecule has 2 amide bonds. The molecule has 0 spiro atoms. The van der Waals surface area contributed by atoms with E-state index in [1.54, 1.807) is 12.1 Å². The Morgan fingerprint density at radius 2 is 1.88 bits per heavy atom. The van der Waals surface area contributed by atoms with E-state index >= 15 is 0 Å². The zero-order chi connectivity index (χ0) is 17.8. The van der Waals surface area contributed by atoms with Gasteiger partial charge in [-0.3, -0.25) is 4.68 Å². The second kappa shape index (κ2) is 7.31. The fourth-order valence-electron chi connectivity index (χ4n) is 2.22. The molecule has 0 saturated carbocycles. The average molecular weight is 363 g/mol. The number of halogens is 3. The van der Waals surface area contributed by atoms with Crippen molar-refractivity contribution in [3.05, 3.63) is 77.1 Å². The fraction of sp³-hybridized carbons (Fsp3) is 0.0588. The Labute approximate surface area is 147 Å². The molecule has 0 saturated heterocycles. The molecule has 3 aromatic rings. The summed E-state index contributed by atoms with van der Waals surface area (Å²) in [7, 11) is 0. The van der Waals surface area contributed by atoms with Gasteiger partial charge in [-0.15, -0.1) is 0 Å².